The largest absolute Gasteiger partial charge is 0.390 e. The summed E-state index contributed by atoms with van der Waals surface area (Å²) in [7, 11) is 0. The minimum atomic E-state index is -0.358. The van der Waals surface area contributed by atoms with Gasteiger partial charge in [0.2, 0.25) is 0 Å². The molecule has 0 bridgehead atoms. The van der Waals surface area contributed by atoms with E-state index in [1.807, 2.05) is 0 Å². The molecule has 0 amide bonds. The first kappa shape index (κ1) is 17.7. The van der Waals surface area contributed by atoms with Crippen molar-refractivity contribution in [2.75, 3.05) is 6.54 Å². The molecule has 0 spiro atoms. The summed E-state index contributed by atoms with van der Waals surface area (Å²) in [6.07, 6.45) is 15.1. The second-order valence-corrected chi connectivity index (χ2v) is 5.75. The molecule has 0 saturated heterocycles. The Labute approximate surface area is 129 Å². The van der Waals surface area contributed by atoms with Crippen LogP contribution < -0.4 is 5.32 Å². The van der Waals surface area contributed by atoms with Crippen LogP contribution >= 0.6 is 0 Å². The molecule has 4 nitrogen and oxygen atoms in total. The molecular formula is C17H30N2O2. The first-order valence-electron chi connectivity index (χ1n) is 8.45. The zero-order valence-corrected chi connectivity index (χ0v) is 13.6. The van der Waals surface area contributed by atoms with E-state index in [0.29, 0.717) is 11.3 Å². The molecule has 0 aromatic carbocycles. The lowest BCUT2D eigenvalue weighted by molar-refractivity contribution is -0.136. The number of hydrogen-bond acceptors (Lipinski definition) is 4. The highest BCUT2D eigenvalue weighted by Crippen LogP contribution is 2.11. The molecule has 1 rings (SSSR count). The summed E-state index contributed by atoms with van der Waals surface area (Å²) < 4.78 is 0. The van der Waals surface area contributed by atoms with E-state index in [4.69, 9.17) is 0 Å². The topological polar surface area (TPSA) is 50.7 Å². The number of nitrogens with zero attached hydrogens (tertiary/aromatic N) is 1. The van der Waals surface area contributed by atoms with Crippen molar-refractivity contribution in [2.24, 2.45) is 5.16 Å². The fourth-order valence-electron chi connectivity index (χ4n) is 2.41. The number of unbranched alkanes of at least 4 members (excludes halogenated alkanes) is 9. The third-order valence-corrected chi connectivity index (χ3v) is 3.80. The summed E-state index contributed by atoms with van der Waals surface area (Å²) >= 11 is 0. The Kier molecular flexibility index (Phi) is 9.58. The standard InChI is InChI=1S/C17H30N2O2/c1-3-4-5-6-7-8-9-10-11-12-13-18-14-16-15(2)19-21-17(16)20/h14,18H,3-13H2,1-2H3/b16-14+. The van der Waals surface area contributed by atoms with Gasteiger partial charge in [0.1, 0.15) is 5.57 Å². The van der Waals surface area contributed by atoms with Gasteiger partial charge in [0.25, 0.3) is 0 Å². The SMILES string of the molecule is CCCCCCCCCCCCN/C=C1/C(=O)ON=C1C. The molecule has 0 atom stereocenters. The van der Waals surface area contributed by atoms with Crippen molar-refractivity contribution in [3.8, 4) is 0 Å². The van der Waals surface area contributed by atoms with E-state index in [1.54, 1.807) is 13.1 Å². The number of hydrogen-bond donors (Lipinski definition) is 1. The van der Waals surface area contributed by atoms with Crippen molar-refractivity contribution in [3.63, 3.8) is 0 Å². The summed E-state index contributed by atoms with van der Waals surface area (Å²) in [5.74, 6) is -0.358. The average molecular weight is 294 g/mol. The molecule has 0 aromatic rings. The molecule has 21 heavy (non-hydrogen) atoms. The average Bonchev–Trinajstić information content (AvgIpc) is 2.80. The molecule has 1 aliphatic heterocycles. The Morgan fingerprint density at radius 2 is 1.57 bits per heavy atom. The summed E-state index contributed by atoms with van der Waals surface area (Å²) in [6.45, 7) is 4.94. The number of nitrogens with one attached hydrogen (secondary N) is 1. The van der Waals surface area contributed by atoms with Crippen LogP contribution in [0, 0.1) is 0 Å². The highest BCUT2D eigenvalue weighted by Gasteiger charge is 2.21. The van der Waals surface area contributed by atoms with Crippen molar-refractivity contribution in [3.05, 3.63) is 11.8 Å². The van der Waals surface area contributed by atoms with Crippen LogP contribution in [0.2, 0.25) is 0 Å². The minimum absolute atomic E-state index is 0.358. The molecule has 1 aliphatic rings. The first-order valence-corrected chi connectivity index (χ1v) is 8.45. The maximum absolute atomic E-state index is 11.3. The number of oxime groups is 1. The molecular weight excluding hydrogens is 264 g/mol. The highest BCUT2D eigenvalue weighted by molar-refractivity contribution is 6.21. The third kappa shape index (κ3) is 7.88. The molecule has 0 unspecified atom stereocenters. The second kappa shape index (κ2) is 11.4. The summed E-state index contributed by atoms with van der Waals surface area (Å²) in [5.41, 5.74) is 1.19. The van der Waals surface area contributed by atoms with Gasteiger partial charge >= 0.3 is 5.97 Å². The number of carbonyl (C=O) groups is 1. The van der Waals surface area contributed by atoms with Crippen LogP contribution in [0.5, 0.6) is 0 Å². The first-order chi connectivity index (χ1) is 10.3. The fourth-order valence-corrected chi connectivity index (χ4v) is 2.41. The van der Waals surface area contributed by atoms with E-state index in [9.17, 15) is 4.79 Å². The smallest absolute Gasteiger partial charge is 0.369 e. The van der Waals surface area contributed by atoms with Crippen molar-refractivity contribution >= 4 is 11.7 Å². The van der Waals surface area contributed by atoms with Gasteiger partial charge in [-0.05, 0) is 13.3 Å². The fraction of sp³-hybridized carbons (Fsp3) is 0.765. The van der Waals surface area contributed by atoms with Crippen LogP contribution in [0.15, 0.2) is 16.9 Å². The Hall–Kier alpha value is -1.32. The highest BCUT2D eigenvalue weighted by atomic mass is 16.7. The number of carbonyl (C=O) groups excluding carboxylic acids is 1. The maximum atomic E-state index is 11.3. The summed E-state index contributed by atoms with van der Waals surface area (Å²) in [4.78, 5) is 15.8. The normalized spacial score (nSPS) is 16.2. The Balaban J connectivity index is 1.88. The Bertz CT molecular complexity index is 362. The molecule has 0 saturated carbocycles. The lowest BCUT2D eigenvalue weighted by Crippen LogP contribution is -2.12. The van der Waals surface area contributed by atoms with Gasteiger partial charge < -0.3 is 10.2 Å². The van der Waals surface area contributed by atoms with Crippen LogP contribution in [-0.2, 0) is 9.63 Å². The van der Waals surface area contributed by atoms with Crippen LogP contribution in [0.3, 0.4) is 0 Å². The van der Waals surface area contributed by atoms with E-state index in [1.165, 1.54) is 57.8 Å². The van der Waals surface area contributed by atoms with Crippen LogP contribution in [0.25, 0.3) is 0 Å². The minimum Gasteiger partial charge on any atom is -0.390 e. The molecule has 0 fully saturated rings. The zero-order chi connectivity index (χ0) is 15.3. The van der Waals surface area contributed by atoms with Crippen LogP contribution in [0.1, 0.15) is 78.1 Å². The Morgan fingerprint density at radius 1 is 1.00 bits per heavy atom. The second-order valence-electron chi connectivity index (χ2n) is 5.75. The van der Waals surface area contributed by atoms with E-state index in [-0.39, 0.29) is 5.97 Å². The monoisotopic (exact) mass is 294 g/mol. The van der Waals surface area contributed by atoms with Gasteiger partial charge in [-0.15, -0.1) is 0 Å². The number of rotatable bonds is 12. The molecule has 4 heteroatoms. The molecule has 0 aromatic heterocycles. The van der Waals surface area contributed by atoms with Crippen molar-refractivity contribution < 1.29 is 9.63 Å². The molecule has 1 heterocycles. The van der Waals surface area contributed by atoms with E-state index >= 15 is 0 Å². The predicted octanol–water partition coefficient (Wildman–Crippen LogP) is 4.31. The molecule has 0 aliphatic carbocycles. The third-order valence-electron chi connectivity index (χ3n) is 3.80. The maximum Gasteiger partial charge on any atom is 0.369 e. The lowest BCUT2D eigenvalue weighted by Gasteiger charge is -2.03. The van der Waals surface area contributed by atoms with Crippen molar-refractivity contribution in [1.29, 1.82) is 0 Å². The van der Waals surface area contributed by atoms with E-state index < -0.39 is 0 Å². The molecule has 120 valence electrons. The van der Waals surface area contributed by atoms with E-state index in [2.05, 4.69) is 22.2 Å². The van der Waals surface area contributed by atoms with E-state index in [0.717, 1.165) is 13.0 Å². The molecule has 0 radical (unpaired) electrons. The predicted molar refractivity (Wildman–Crippen MR) is 87.1 cm³/mol. The Morgan fingerprint density at radius 3 is 2.10 bits per heavy atom. The van der Waals surface area contributed by atoms with Crippen molar-refractivity contribution in [1.82, 2.24) is 5.32 Å². The summed E-state index contributed by atoms with van der Waals surface area (Å²) in [5, 5.41) is 6.80. The molecule has 1 N–H and O–H groups in total. The zero-order valence-electron chi connectivity index (χ0n) is 13.6. The van der Waals surface area contributed by atoms with Gasteiger partial charge in [0.05, 0.1) is 5.71 Å². The summed E-state index contributed by atoms with van der Waals surface area (Å²) in [6, 6.07) is 0. The van der Waals surface area contributed by atoms with Gasteiger partial charge in [-0.1, -0.05) is 69.9 Å². The van der Waals surface area contributed by atoms with Gasteiger partial charge in [-0.2, -0.15) is 0 Å². The van der Waals surface area contributed by atoms with Gasteiger partial charge in [0, 0.05) is 12.7 Å². The van der Waals surface area contributed by atoms with Gasteiger partial charge in [-0.25, -0.2) is 4.79 Å². The lowest BCUT2D eigenvalue weighted by atomic mass is 10.1. The van der Waals surface area contributed by atoms with Crippen LogP contribution in [0.4, 0.5) is 0 Å². The van der Waals surface area contributed by atoms with Gasteiger partial charge in [0.15, 0.2) is 0 Å². The van der Waals surface area contributed by atoms with Crippen LogP contribution in [-0.4, -0.2) is 18.2 Å². The van der Waals surface area contributed by atoms with Crippen molar-refractivity contribution in [2.45, 2.75) is 78.1 Å². The van der Waals surface area contributed by atoms with Gasteiger partial charge in [-0.3, -0.25) is 0 Å². The quantitative estimate of drug-likeness (QED) is 0.331.